The van der Waals surface area contributed by atoms with Gasteiger partial charge in [-0.05, 0) is 39.0 Å². The zero-order valence-electron chi connectivity index (χ0n) is 17.5. The van der Waals surface area contributed by atoms with E-state index < -0.39 is 29.2 Å². The molecule has 2 amide bonds. The van der Waals surface area contributed by atoms with Gasteiger partial charge in [-0.1, -0.05) is 6.07 Å². The monoisotopic (exact) mass is 456 g/mol. The third kappa shape index (κ3) is 5.15. The first-order valence-corrected chi connectivity index (χ1v) is 10.6. The zero-order valence-corrected chi connectivity index (χ0v) is 18.3. The van der Waals surface area contributed by atoms with Gasteiger partial charge in [0.1, 0.15) is 6.04 Å². The van der Waals surface area contributed by atoms with Crippen molar-refractivity contribution in [3.63, 3.8) is 0 Å². The van der Waals surface area contributed by atoms with Gasteiger partial charge in [-0.2, -0.15) is 18.3 Å². The Morgan fingerprint density at radius 2 is 1.97 bits per heavy atom. The minimum Gasteiger partial charge on any atom is -0.493 e. The maximum absolute atomic E-state index is 13.2. The second-order valence-corrected chi connectivity index (χ2v) is 9.07. The summed E-state index contributed by atoms with van der Waals surface area (Å²) < 4.78 is 45.5. The maximum Gasteiger partial charge on any atom is 0.416 e. The number of hydrogen-bond donors (Lipinski definition) is 1. The molecule has 168 valence electrons. The Hall–Kier alpha value is -2.69. The number of thioether (sulfide) groups is 1. The normalized spacial score (nSPS) is 17.0. The van der Waals surface area contributed by atoms with Gasteiger partial charge in [0.05, 0.1) is 30.4 Å². The quantitative estimate of drug-likeness (QED) is 0.764. The number of ether oxygens (including phenoxy) is 1. The Balaban J connectivity index is 1.90. The van der Waals surface area contributed by atoms with Gasteiger partial charge in [0, 0.05) is 11.3 Å². The van der Waals surface area contributed by atoms with Gasteiger partial charge in [0.2, 0.25) is 5.91 Å². The van der Waals surface area contributed by atoms with Crippen molar-refractivity contribution in [3.05, 3.63) is 41.7 Å². The molecule has 1 aromatic carbocycles. The summed E-state index contributed by atoms with van der Waals surface area (Å²) in [6.07, 6.45) is -3.16. The van der Waals surface area contributed by atoms with Crippen molar-refractivity contribution in [1.82, 2.24) is 20.0 Å². The Morgan fingerprint density at radius 1 is 1.26 bits per heavy atom. The van der Waals surface area contributed by atoms with Crippen LogP contribution in [0.1, 0.15) is 36.8 Å². The van der Waals surface area contributed by atoms with Gasteiger partial charge in [-0.3, -0.25) is 9.59 Å². The molecule has 0 spiro atoms. The highest BCUT2D eigenvalue weighted by Gasteiger charge is 2.38. The molecule has 0 aliphatic carbocycles. The SMILES string of the molecule is COc1cn(-c2cccc(C(F)(F)F)c2)nc1C(=O)N1CSCC1C(=O)NC(C)(C)C. The molecule has 1 atom stereocenters. The second-order valence-electron chi connectivity index (χ2n) is 8.07. The van der Waals surface area contributed by atoms with E-state index in [2.05, 4.69) is 10.4 Å². The molecule has 1 unspecified atom stereocenters. The topological polar surface area (TPSA) is 76.5 Å². The number of aromatic nitrogens is 2. The third-order valence-corrected chi connectivity index (χ3v) is 5.50. The molecule has 0 radical (unpaired) electrons. The van der Waals surface area contributed by atoms with E-state index in [4.69, 9.17) is 4.74 Å². The largest absolute Gasteiger partial charge is 0.493 e. The van der Waals surface area contributed by atoms with Crippen molar-refractivity contribution in [1.29, 1.82) is 0 Å². The zero-order chi connectivity index (χ0) is 23.0. The van der Waals surface area contributed by atoms with Gasteiger partial charge < -0.3 is 15.0 Å². The van der Waals surface area contributed by atoms with Crippen molar-refractivity contribution in [2.75, 3.05) is 18.7 Å². The molecule has 1 N–H and O–H groups in total. The molecular weight excluding hydrogens is 433 g/mol. The predicted octanol–water partition coefficient (Wildman–Crippen LogP) is 3.33. The number of nitrogens with one attached hydrogen (secondary N) is 1. The summed E-state index contributed by atoms with van der Waals surface area (Å²) >= 11 is 1.43. The number of hydrogen-bond acceptors (Lipinski definition) is 5. The first-order valence-electron chi connectivity index (χ1n) is 9.43. The van der Waals surface area contributed by atoms with Crippen molar-refractivity contribution < 1.29 is 27.5 Å². The van der Waals surface area contributed by atoms with E-state index in [-0.39, 0.29) is 23.0 Å². The first kappa shape index (κ1) is 23.0. The van der Waals surface area contributed by atoms with Crippen molar-refractivity contribution >= 4 is 23.6 Å². The fourth-order valence-electron chi connectivity index (χ4n) is 3.06. The van der Waals surface area contributed by atoms with Gasteiger partial charge in [0.25, 0.3) is 5.91 Å². The molecular formula is C20H23F3N4O3S. The van der Waals surface area contributed by atoms with Gasteiger partial charge in [0.15, 0.2) is 11.4 Å². The Labute approximate surface area is 181 Å². The average molecular weight is 456 g/mol. The highest BCUT2D eigenvalue weighted by Crippen LogP contribution is 2.31. The molecule has 1 aliphatic heterocycles. The molecule has 0 saturated carbocycles. The maximum atomic E-state index is 13.2. The number of carbonyl (C=O) groups is 2. The van der Waals surface area contributed by atoms with Gasteiger partial charge in [-0.25, -0.2) is 4.68 Å². The van der Waals surface area contributed by atoms with E-state index in [0.29, 0.717) is 11.6 Å². The second kappa shape index (κ2) is 8.45. The van der Waals surface area contributed by atoms with Crippen LogP contribution in [0.3, 0.4) is 0 Å². The van der Waals surface area contributed by atoms with E-state index in [0.717, 1.165) is 16.8 Å². The number of alkyl halides is 3. The molecule has 2 aromatic rings. The third-order valence-electron chi connectivity index (χ3n) is 4.49. The minimum absolute atomic E-state index is 0.0732. The summed E-state index contributed by atoms with van der Waals surface area (Å²) in [4.78, 5) is 27.2. The van der Waals surface area contributed by atoms with Gasteiger partial charge >= 0.3 is 6.18 Å². The van der Waals surface area contributed by atoms with E-state index >= 15 is 0 Å². The lowest BCUT2D eigenvalue weighted by Crippen LogP contribution is -2.52. The van der Waals surface area contributed by atoms with Crippen molar-refractivity contribution in [2.24, 2.45) is 0 Å². The number of halogens is 3. The molecule has 2 heterocycles. The van der Waals surface area contributed by atoms with Crippen LogP contribution in [0.5, 0.6) is 5.75 Å². The van der Waals surface area contributed by atoms with Crippen LogP contribution in [0.2, 0.25) is 0 Å². The van der Waals surface area contributed by atoms with E-state index in [9.17, 15) is 22.8 Å². The molecule has 11 heteroatoms. The minimum atomic E-state index is -4.51. The standard InChI is InChI=1S/C20H23F3N4O3S/c1-19(2,3)24-17(28)14-10-31-11-26(14)18(29)16-15(30-4)9-27(25-16)13-7-5-6-12(8-13)20(21,22)23/h5-9,14H,10-11H2,1-4H3,(H,24,28). The summed E-state index contributed by atoms with van der Waals surface area (Å²) in [5.41, 5.74) is -1.23. The summed E-state index contributed by atoms with van der Waals surface area (Å²) in [6.45, 7) is 5.54. The van der Waals surface area contributed by atoms with Crippen molar-refractivity contribution in [2.45, 2.75) is 38.5 Å². The van der Waals surface area contributed by atoms with Crippen LogP contribution in [-0.4, -0.2) is 56.8 Å². The van der Waals surface area contributed by atoms with E-state index in [1.54, 1.807) is 0 Å². The highest BCUT2D eigenvalue weighted by molar-refractivity contribution is 7.99. The molecule has 1 fully saturated rings. The van der Waals surface area contributed by atoms with Crippen molar-refractivity contribution in [3.8, 4) is 11.4 Å². The fourth-order valence-corrected chi connectivity index (χ4v) is 4.22. The molecule has 31 heavy (non-hydrogen) atoms. The number of nitrogens with zero attached hydrogens (tertiary/aromatic N) is 3. The van der Waals surface area contributed by atoms with E-state index in [1.165, 1.54) is 42.1 Å². The summed E-state index contributed by atoms with van der Waals surface area (Å²) in [5.74, 6) is 0.0309. The fraction of sp³-hybridized carbons (Fsp3) is 0.450. The predicted molar refractivity (Wildman–Crippen MR) is 110 cm³/mol. The number of rotatable bonds is 4. The Kier molecular flexibility index (Phi) is 6.26. The van der Waals surface area contributed by atoms with E-state index in [1.807, 2.05) is 20.8 Å². The molecule has 1 aromatic heterocycles. The number of carbonyl (C=O) groups excluding carboxylic acids is 2. The summed E-state index contributed by atoms with van der Waals surface area (Å²) in [6, 6.07) is 3.92. The summed E-state index contributed by atoms with van der Waals surface area (Å²) in [5, 5.41) is 7.05. The van der Waals surface area contributed by atoms with Crippen LogP contribution in [-0.2, 0) is 11.0 Å². The van der Waals surface area contributed by atoms with Crippen LogP contribution >= 0.6 is 11.8 Å². The lowest BCUT2D eigenvalue weighted by Gasteiger charge is -2.27. The van der Waals surface area contributed by atoms with Crippen LogP contribution in [0.4, 0.5) is 13.2 Å². The molecule has 3 rings (SSSR count). The lowest BCUT2D eigenvalue weighted by atomic mass is 10.1. The molecule has 1 aliphatic rings. The smallest absolute Gasteiger partial charge is 0.416 e. The average Bonchev–Trinajstić information content (AvgIpc) is 3.33. The lowest BCUT2D eigenvalue weighted by molar-refractivity contribution is -0.137. The molecule has 1 saturated heterocycles. The van der Waals surface area contributed by atoms with Crippen LogP contribution in [0.15, 0.2) is 30.5 Å². The number of benzene rings is 1. The number of methoxy groups -OCH3 is 1. The Morgan fingerprint density at radius 3 is 2.58 bits per heavy atom. The summed E-state index contributed by atoms with van der Waals surface area (Å²) in [7, 11) is 1.34. The number of amides is 2. The van der Waals surface area contributed by atoms with Crippen LogP contribution in [0.25, 0.3) is 5.69 Å². The molecule has 7 nitrogen and oxygen atoms in total. The van der Waals surface area contributed by atoms with Crippen LogP contribution in [0, 0.1) is 0 Å². The Bertz CT molecular complexity index is 985. The first-order chi connectivity index (χ1) is 14.4. The molecule has 0 bridgehead atoms. The van der Waals surface area contributed by atoms with Gasteiger partial charge in [-0.15, -0.1) is 11.8 Å². The van der Waals surface area contributed by atoms with Crippen LogP contribution < -0.4 is 10.1 Å². The highest BCUT2D eigenvalue weighted by atomic mass is 32.2.